The number of benzene rings is 2. The number of allylic oxidation sites excluding steroid dienone is 2. The van der Waals surface area contributed by atoms with Crippen LogP contribution in [0.1, 0.15) is 49.1 Å². The zero-order valence-electron chi connectivity index (χ0n) is 24.0. The van der Waals surface area contributed by atoms with E-state index in [1.807, 2.05) is 47.8 Å². The van der Waals surface area contributed by atoms with Crippen molar-refractivity contribution in [2.45, 2.75) is 52.1 Å². The lowest BCUT2D eigenvalue weighted by Crippen LogP contribution is -2.46. The van der Waals surface area contributed by atoms with Crippen molar-refractivity contribution in [3.8, 4) is 5.75 Å². The van der Waals surface area contributed by atoms with Crippen LogP contribution in [-0.4, -0.2) is 40.1 Å². The van der Waals surface area contributed by atoms with Crippen molar-refractivity contribution < 1.29 is 24.4 Å². The van der Waals surface area contributed by atoms with Gasteiger partial charge < -0.3 is 14.8 Å². The number of amides is 2. The Hall–Kier alpha value is -3.46. The van der Waals surface area contributed by atoms with Crippen LogP contribution in [0, 0.1) is 23.7 Å². The van der Waals surface area contributed by atoms with Gasteiger partial charge in [-0.2, -0.15) is 0 Å². The fourth-order valence-corrected chi connectivity index (χ4v) is 7.78. The van der Waals surface area contributed by atoms with Crippen molar-refractivity contribution in [2.75, 3.05) is 0 Å². The monoisotopic (exact) mass is 581 g/mol. The molecule has 0 unspecified atom stereocenters. The largest absolute Gasteiger partial charge is 0.508 e. The van der Waals surface area contributed by atoms with Gasteiger partial charge >= 0.3 is 7.12 Å². The highest BCUT2D eigenvalue weighted by molar-refractivity contribution is 7.09. The van der Waals surface area contributed by atoms with Gasteiger partial charge in [0, 0.05) is 4.88 Å². The fraction of sp³-hybridized carbons (Fsp3) is 0.353. The van der Waals surface area contributed by atoms with Gasteiger partial charge in [-0.3, -0.25) is 14.5 Å². The van der Waals surface area contributed by atoms with Crippen LogP contribution >= 0.6 is 11.3 Å². The number of imide groups is 1. The molecule has 2 aromatic carbocycles. The lowest BCUT2D eigenvalue weighted by molar-refractivity contribution is -0.140. The maximum Gasteiger partial charge on any atom is 0.455 e. The third-order valence-corrected chi connectivity index (χ3v) is 9.82. The molecule has 42 heavy (non-hydrogen) atoms. The number of carbonyl (C=O) groups excluding carboxylic acids is 2. The number of hydrogen-bond donors (Lipinski definition) is 2. The second kappa shape index (κ2) is 12.0. The maximum atomic E-state index is 13.8. The minimum atomic E-state index is -1.000. The first-order valence-electron chi connectivity index (χ1n) is 14.8. The molecule has 216 valence electrons. The lowest BCUT2D eigenvalue weighted by atomic mass is 9.57. The quantitative estimate of drug-likeness (QED) is 0.139. The van der Waals surface area contributed by atoms with E-state index in [1.165, 1.54) is 10.5 Å². The van der Waals surface area contributed by atoms with Crippen molar-refractivity contribution in [1.29, 1.82) is 0 Å². The Bertz CT molecular complexity index is 1520. The molecule has 3 heterocycles. The Kier molecular flexibility index (Phi) is 8.21. The van der Waals surface area contributed by atoms with Gasteiger partial charge in [-0.25, -0.2) is 0 Å². The highest BCUT2D eigenvalue weighted by Gasteiger charge is 2.57. The maximum absolute atomic E-state index is 13.8. The van der Waals surface area contributed by atoms with E-state index in [0.717, 1.165) is 27.2 Å². The van der Waals surface area contributed by atoms with E-state index in [4.69, 9.17) is 4.65 Å². The highest BCUT2D eigenvalue weighted by atomic mass is 32.1. The third-order valence-electron chi connectivity index (χ3n) is 8.96. The normalized spacial score (nSPS) is 24.4. The Balaban J connectivity index is 1.31. The molecule has 2 N–H and O–H groups in total. The van der Waals surface area contributed by atoms with Crippen LogP contribution in [0.4, 0.5) is 0 Å². The van der Waals surface area contributed by atoms with Crippen molar-refractivity contribution in [3.05, 3.63) is 99.3 Å². The van der Waals surface area contributed by atoms with Gasteiger partial charge in [0.1, 0.15) is 5.75 Å². The van der Waals surface area contributed by atoms with E-state index in [-0.39, 0.29) is 41.4 Å². The van der Waals surface area contributed by atoms with E-state index < -0.39 is 13.0 Å². The number of phenolic OH excluding ortho intramolecular Hbond substituents is 1. The average molecular weight is 582 g/mol. The van der Waals surface area contributed by atoms with Crippen molar-refractivity contribution in [3.63, 3.8) is 0 Å². The van der Waals surface area contributed by atoms with Crippen LogP contribution in [0.15, 0.2) is 83.3 Å². The molecule has 2 saturated heterocycles. The molecule has 0 radical (unpaired) electrons. The second-order valence-electron chi connectivity index (χ2n) is 11.9. The van der Waals surface area contributed by atoms with E-state index >= 15 is 0 Å². The number of likely N-dealkylation sites (tertiary alicyclic amines) is 1. The number of hydrogen-bond acceptors (Lipinski definition) is 6. The SMILES string of the molecule is CC(C)C1=C2[C@@H](CC/C(=C/c3cccc(O)c3)c3ccccc3)OB(O)C[C@@H]2[C@@H]2C(=O)N(Cc3cccs3)C(=O)[C@@H]2C1. The summed E-state index contributed by atoms with van der Waals surface area (Å²) in [6.45, 7) is 4.59. The molecule has 8 heteroatoms. The Labute approximate surface area is 251 Å². The summed E-state index contributed by atoms with van der Waals surface area (Å²) in [5, 5.41) is 22.9. The smallest absolute Gasteiger partial charge is 0.455 e. The molecule has 0 bridgehead atoms. The zero-order valence-corrected chi connectivity index (χ0v) is 24.8. The van der Waals surface area contributed by atoms with Crippen LogP contribution in [-0.2, 0) is 20.8 Å². The summed E-state index contributed by atoms with van der Waals surface area (Å²) < 4.78 is 6.24. The number of fused-ring (bicyclic) bond motifs is 3. The summed E-state index contributed by atoms with van der Waals surface area (Å²) in [4.78, 5) is 29.9. The second-order valence-corrected chi connectivity index (χ2v) is 12.9. The standard InChI is InChI=1S/C34H36BNO5S/c1-21(2)27-18-28-32(34(39)36(33(28)38)20-26-12-7-15-42-26)29-19-35(40)41-30(31(27)29)14-13-24(23-9-4-3-5-10-23)16-22-8-6-11-25(37)17-22/h3-12,15-17,21,28-30,32,37,40H,13-14,18-20H2,1-2H3/b24-16-/t28-,29+,30-,32-/m1/s1. The molecule has 3 aliphatic rings. The molecule has 2 fully saturated rings. The number of carbonyl (C=O) groups is 2. The Morgan fingerprint density at radius 1 is 1.07 bits per heavy atom. The Morgan fingerprint density at radius 2 is 1.88 bits per heavy atom. The zero-order chi connectivity index (χ0) is 29.4. The molecule has 1 aliphatic carbocycles. The van der Waals surface area contributed by atoms with Gasteiger partial charge in [-0.1, -0.05) is 74.0 Å². The predicted octanol–water partition coefficient (Wildman–Crippen LogP) is 6.43. The molecule has 0 spiro atoms. The molecule has 2 amide bonds. The van der Waals surface area contributed by atoms with E-state index in [1.54, 1.807) is 23.5 Å². The molecular weight excluding hydrogens is 545 g/mol. The molecule has 1 aromatic heterocycles. The molecule has 6 nitrogen and oxygen atoms in total. The van der Waals surface area contributed by atoms with Gasteiger partial charge in [-0.05, 0) is 83.3 Å². The molecule has 2 aliphatic heterocycles. The van der Waals surface area contributed by atoms with E-state index in [2.05, 4.69) is 32.1 Å². The summed E-state index contributed by atoms with van der Waals surface area (Å²) >= 11 is 1.55. The van der Waals surface area contributed by atoms with Crippen LogP contribution in [0.5, 0.6) is 5.75 Å². The summed E-state index contributed by atoms with van der Waals surface area (Å²) in [5.41, 5.74) is 5.38. The molecular formula is C34H36BNO5S. The van der Waals surface area contributed by atoms with Gasteiger partial charge in [0.05, 0.1) is 24.5 Å². The predicted molar refractivity (Wildman–Crippen MR) is 166 cm³/mol. The first-order valence-corrected chi connectivity index (χ1v) is 15.7. The number of thiophene rings is 1. The van der Waals surface area contributed by atoms with Crippen LogP contribution in [0.3, 0.4) is 0 Å². The summed E-state index contributed by atoms with van der Waals surface area (Å²) in [6, 6.07) is 21.2. The number of aromatic hydroxyl groups is 1. The summed E-state index contributed by atoms with van der Waals surface area (Å²) in [7, 11) is -1.000. The van der Waals surface area contributed by atoms with Crippen molar-refractivity contribution >= 4 is 41.9 Å². The molecule has 0 saturated carbocycles. The molecule has 3 aromatic rings. The van der Waals surface area contributed by atoms with E-state index in [0.29, 0.717) is 32.1 Å². The van der Waals surface area contributed by atoms with Crippen LogP contribution in [0.25, 0.3) is 11.6 Å². The number of rotatable bonds is 8. The topological polar surface area (TPSA) is 87.1 Å². The Morgan fingerprint density at radius 3 is 2.60 bits per heavy atom. The number of phenols is 1. The minimum absolute atomic E-state index is 0.0893. The third kappa shape index (κ3) is 5.63. The highest BCUT2D eigenvalue weighted by Crippen LogP contribution is 2.52. The minimum Gasteiger partial charge on any atom is -0.508 e. The van der Waals surface area contributed by atoms with Crippen LogP contribution in [0.2, 0.25) is 6.32 Å². The van der Waals surface area contributed by atoms with E-state index in [9.17, 15) is 19.7 Å². The summed E-state index contributed by atoms with van der Waals surface area (Å²) in [5.74, 6) is -0.887. The van der Waals surface area contributed by atoms with Gasteiger partial charge in [-0.15, -0.1) is 11.3 Å². The first kappa shape index (κ1) is 28.7. The molecule has 6 rings (SSSR count). The van der Waals surface area contributed by atoms with Crippen molar-refractivity contribution in [1.82, 2.24) is 4.90 Å². The fourth-order valence-electron chi connectivity index (χ4n) is 7.08. The first-order chi connectivity index (χ1) is 20.3. The lowest BCUT2D eigenvalue weighted by Gasteiger charge is -2.44. The number of nitrogens with zero attached hydrogens (tertiary/aromatic N) is 1. The van der Waals surface area contributed by atoms with Crippen molar-refractivity contribution in [2.24, 2.45) is 23.7 Å². The van der Waals surface area contributed by atoms with Gasteiger partial charge in [0.25, 0.3) is 0 Å². The average Bonchev–Trinajstić information content (AvgIpc) is 3.57. The summed E-state index contributed by atoms with van der Waals surface area (Å²) in [6.07, 6.45) is 3.89. The van der Waals surface area contributed by atoms with Gasteiger partial charge in [0.15, 0.2) is 0 Å². The van der Waals surface area contributed by atoms with Crippen LogP contribution < -0.4 is 0 Å². The van der Waals surface area contributed by atoms with Gasteiger partial charge in [0.2, 0.25) is 11.8 Å². The molecule has 4 atom stereocenters.